The summed E-state index contributed by atoms with van der Waals surface area (Å²) in [6.07, 6.45) is 22.5. The minimum atomic E-state index is -0.398. The van der Waals surface area contributed by atoms with Crippen molar-refractivity contribution in [1.82, 2.24) is 0 Å². The quantitative estimate of drug-likeness (QED) is 0.146. The monoisotopic (exact) mass is 396 g/mol. The Balaban J connectivity index is 0.000000861. The summed E-state index contributed by atoms with van der Waals surface area (Å²) < 4.78 is 8.70. The molecule has 0 unspecified atom stereocenters. The molecule has 0 atom stereocenters. The average molecular weight is 397 g/mol. The number of carbonyl (C=O) groups excluding carboxylic acids is 3. The van der Waals surface area contributed by atoms with Crippen molar-refractivity contribution in [3.8, 4) is 0 Å². The van der Waals surface area contributed by atoms with Crippen LogP contribution in [0.15, 0.2) is 12.2 Å². The third kappa shape index (κ3) is 19.1. The number of cyclic esters (lactones) is 2. The summed E-state index contributed by atoms with van der Waals surface area (Å²) in [6, 6.07) is 0. The van der Waals surface area contributed by atoms with Gasteiger partial charge in [0, 0.05) is 6.42 Å². The van der Waals surface area contributed by atoms with Crippen LogP contribution >= 0.6 is 0 Å². The van der Waals surface area contributed by atoms with Crippen LogP contribution in [0.25, 0.3) is 0 Å². The average Bonchev–Trinajstić information content (AvgIpc) is 3.07. The van der Waals surface area contributed by atoms with Gasteiger partial charge in [0.25, 0.3) is 0 Å². The van der Waals surface area contributed by atoms with Gasteiger partial charge < -0.3 is 9.47 Å². The lowest BCUT2D eigenvalue weighted by molar-refractivity contribution is -0.152. The molecule has 5 nitrogen and oxygen atoms in total. The molecule has 1 rings (SSSR count). The van der Waals surface area contributed by atoms with Gasteiger partial charge in [-0.1, -0.05) is 70.4 Å². The van der Waals surface area contributed by atoms with Gasteiger partial charge in [0.15, 0.2) is 0 Å². The number of methoxy groups -OCH3 is 1. The smallest absolute Gasteiger partial charge is 0.314 e. The third-order valence-corrected chi connectivity index (χ3v) is 4.63. The minimum Gasteiger partial charge on any atom is -0.469 e. The van der Waals surface area contributed by atoms with Gasteiger partial charge in [-0.3, -0.25) is 14.4 Å². The van der Waals surface area contributed by atoms with Gasteiger partial charge in [0.1, 0.15) is 0 Å². The molecule has 162 valence electrons. The Morgan fingerprint density at radius 3 is 1.71 bits per heavy atom. The molecule has 0 radical (unpaired) electrons. The first kappa shape index (κ1) is 26.4. The molecule has 0 spiro atoms. The molecule has 0 saturated carbocycles. The van der Waals surface area contributed by atoms with E-state index < -0.39 is 11.9 Å². The zero-order valence-corrected chi connectivity index (χ0v) is 18.0. The largest absolute Gasteiger partial charge is 0.469 e. The zero-order valence-electron chi connectivity index (χ0n) is 18.0. The van der Waals surface area contributed by atoms with E-state index in [1.165, 1.54) is 77.7 Å². The first-order valence-corrected chi connectivity index (χ1v) is 11.1. The summed E-state index contributed by atoms with van der Waals surface area (Å²) in [5, 5.41) is 0. The molecule has 0 bridgehead atoms. The van der Waals surface area contributed by atoms with Crippen LogP contribution in [0.4, 0.5) is 0 Å². The predicted octanol–water partition coefficient (Wildman–Crippen LogP) is 6.05. The lowest BCUT2D eigenvalue weighted by atomic mass is 10.1. The van der Waals surface area contributed by atoms with Gasteiger partial charge in [-0.2, -0.15) is 0 Å². The molecule has 0 aliphatic carbocycles. The van der Waals surface area contributed by atoms with Crippen LogP contribution in [0.2, 0.25) is 0 Å². The third-order valence-electron chi connectivity index (χ3n) is 4.63. The number of esters is 3. The Morgan fingerprint density at radius 2 is 1.29 bits per heavy atom. The second-order valence-electron chi connectivity index (χ2n) is 7.26. The Bertz CT molecular complexity index is 428. The predicted molar refractivity (Wildman–Crippen MR) is 112 cm³/mol. The maximum Gasteiger partial charge on any atom is 0.314 e. The number of ether oxygens (including phenoxy) is 2. The summed E-state index contributed by atoms with van der Waals surface area (Å²) in [5.74, 6) is -0.873. The standard InChI is InChI=1S/C19H36O2.C4H4O3/c1-3-4-5-6-7-8-9-10-11-12-13-14-15-16-17-18-19(20)21-2;5-3-1-2-4(6)7-3/h10-11H,3-9,12-18H2,1-2H3;1-2H2/b11-10-;. The van der Waals surface area contributed by atoms with Crippen molar-refractivity contribution in [1.29, 1.82) is 0 Å². The Hall–Kier alpha value is -1.65. The molecular formula is C23H40O5. The van der Waals surface area contributed by atoms with Crippen LogP contribution in [0, 0.1) is 0 Å². The molecular weight excluding hydrogens is 356 g/mol. The van der Waals surface area contributed by atoms with Crippen LogP contribution in [-0.4, -0.2) is 25.0 Å². The van der Waals surface area contributed by atoms with Crippen LogP contribution in [0.5, 0.6) is 0 Å². The fourth-order valence-electron chi connectivity index (χ4n) is 2.88. The highest BCUT2D eigenvalue weighted by molar-refractivity contribution is 5.92. The number of allylic oxidation sites excluding steroid dienone is 2. The highest BCUT2D eigenvalue weighted by atomic mass is 16.6. The van der Waals surface area contributed by atoms with Crippen molar-refractivity contribution in [2.45, 2.75) is 110 Å². The highest BCUT2D eigenvalue weighted by Crippen LogP contribution is 2.10. The van der Waals surface area contributed by atoms with Crippen LogP contribution in [0.1, 0.15) is 110 Å². The molecule has 0 aromatic heterocycles. The SMILES string of the molecule is CCCCCCCC/C=C\CCCCCCCC(=O)OC.O=C1CCC(=O)O1. The molecule has 0 amide bonds. The van der Waals surface area contributed by atoms with Crippen LogP contribution in [0.3, 0.4) is 0 Å². The van der Waals surface area contributed by atoms with Crippen molar-refractivity contribution in [2.75, 3.05) is 7.11 Å². The number of hydrogen-bond donors (Lipinski definition) is 0. The summed E-state index contributed by atoms with van der Waals surface area (Å²) in [7, 11) is 1.46. The fourth-order valence-corrected chi connectivity index (χ4v) is 2.88. The fraction of sp³-hybridized carbons (Fsp3) is 0.783. The summed E-state index contributed by atoms with van der Waals surface area (Å²) >= 11 is 0. The van der Waals surface area contributed by atoms with Crippen molar-refractivity contribution in [3.63, 3.8) is 0 Å². The second kappa shape index (κ2) is 20.1. The van der Waals surface area contributed by atoms with Crippen molar-refractivity contribution in [2.24, 2.45) is 0 Å². The number of hydrogen-bond acceptors (Lipinski definition) is 5. The van der Waals surface area contributed by atoms with Gasteiger partial charge in [0.2, 0.25) is 0 Å². The van der Waals surface area contributed by atoms with E-state index in [4.69, 9.17) is 0 Å². The van der Waals surface area contributed by atoms with E-state index in [1.54, 1.807) is 0 Å². The van der Waals surface area contributed by atoms with E-state index >= 15 is 0 Å². The van der Waals surface area contributed by atoms with E-state index in [2.05, 4.69) is 28.5 Å². The van der Waals surface area contributed by atoms with Gasteiger partial charge >= 0.3 is 17.9 Å². The van der Waals surface area contributed by atoms with Gasteiger partial charge in [-0.25, -0.2) is 0 Å². The first-order chi connectivity index (χ1) is 13.6. The molecule has 1 saturated heterocycles. The molecule has 1 heterocycles. The second-order valence-corrected chi connectivity index (χ2v) is 7.26. The molecule has 5 heteroatoms. The summed E-state index contributed by atoms with van der Waals surface area (Å²) in [5.41, 5.74) is 0. The van der Waals surface area contributed by atoms with E-state index in [9.17, 15) is 14.4 Å². The molecule has 0 aromatic carbocycles. The van der Waals surface area contributed by atoms with Crippen molar-refractivity contribution in [3.05, 3.63) is 12.2 Å². The number of rotatable bonds is 15. The Morgan fingerprint density at radius 1 is 0.821 bits per heavy atom. The van der Waals surface area contributed by atoms with Crippen molar-refractivity contribution >= 4 is 17.9 Å². The van der Waals surface area contributed by atoms with E-state index in [-0.39, 0.29) is 18.8 Å². The zero-order chi connectivity index (χ0) is 20.9. The molecule has 0 N–H and O–H groups in total. The van der Waals surface area contributed by atoms with Crippen LogP contribution in [-0.2, 0) is 23.9 Å². The van der Waals surface area contributed by atoms with Crippen molar-refractivity contribution < 1.29 is 23.9 Å². The van der Waals surface area contributed by atoms with Gasteiger partial charge in [-0.15, -0.1) is 0 Å². The van der Waals surface area contributed by atoms with E-state index in [0.717, 1.165) is 12.8 Å². The number of unbranched alkanes of at least 4 members (excludes halogenated alkanes) is 11. The molecule has 1 fully saturated rings. The Labute approximate surface area is 171 Å². The Kier molecular flexibility index (Phi) is 18.9. The minimum absolute atomic E-state index is 0.0763. The normalized spacial score (nSPS) is 13.4. The maximum absolute atomic E-state index is 10.9. The molecule has 1 aliphatic rings. The summed E-state index contributed by atoms with van der Waals surface area (Å²) in [4.78, 5) is 30.9. The molecule has 0 aromatic rings. The lowest BCUT2D eigenvalue weighted by Crippen LogP contribution is -1.98. The van der Waals surface area contributed by atoms with E-state index in [0.29, 0.717) is 6.42 Å². The lowest BCUT2D eigenvalue weighted by Gasteiger charge is -2.00. The van der Waals surface area contributed by atoms with Gasteiger partial charge in [0.05, 0.1) is 20.0 Å². The van der Waals surface area contributed by atoms with E-state index in [1.807, 2.05) is 0 Å². The topological polar surface area (TPSA) is 69.7 Å². The van der Waals surface area contributed by atoms with Gasteiger partial charge in [-0.05, 0) is 32.1 Å². The molecule has 28 heavy (non-hydrogen) atoms. The highest BCUT2D eigenvalue weighted by Gasteiger charge is 2.19. The maximum atomic E-state index is 10.9. The molecule has 1 aliphatic heterocycles. The first-order valence-electron chi connectivity index (χ1n) is 11.1. The summed E-state index contributed by atoms with van der Waals surface area (Å²) in [6.45, 7) is 2.27. The van der Waals surface area contributed by atoms with Crippen LogP contribution < -0.4 is 0 Å². The number of carbonyl (C=O) groups is 3.